The zero-order chi connectivity index (χ0) is 14.3. The molecule has 0 radical (unpaired) electrons. The molecule has 0 bridgehead atoms. The van der Waals surface area contributed by atoms with Crippen LogP contribution in [0.1, 0.15) is 46.8 Å². The molecule has 0 saturated heterocycles. The highest BCUT2D eigenvalue weighted by molar-refractivity contribution is 5.94. The third kappa shape index (κ3) is 4.52. The van der Waals surface area contributed by atoms with E-state index in [0.717, 1.165) is 37.9 Å². The van der Waals surface area contributed by atoms with E-state index in [1.807, 2.05) is 0 Å². The number of aryl methyl sites for hydroxylation is 1. The number of carbonyl (C=O) groups excluding carboxylic acids is 2. The van der Waals surface area contributed by atoms with Gasteiger partial charge in [0, 0.05) is 6.54 Å². The summed E-state index contributed by atoms with van der Waals surface area (Å²) in [5.41, 5.74) is 1.71. The van der Waals surface area contributed by atoms with Crippen molar-refractivity contribution in [2.75, 3.05) is 26.2 Å². The second-order valence-corrected chi connectivity index (χ2v) is 4.53. The minimum absolute atomic E-state index is 0.157. The average Bonchev–Trinajstić information content (AvgIpc) is 2.80. The van der Waals surface area contributed by atoms with Crippen LogP contribution in [0.4, 0.5) is 0 Å². The Balaban J connectivity index is 2.36. The Kier molecular flexibility index (Phi) is 6.29. The van der Waals surface area contributed by atoms with Crippen molar-refractivity contribution in [2.24, 2.45) is 0 Å². The van der Waals surface area contributed by atoms with Gasteiger partial charge in [-0.3, -0.25) is 9.59 Å². The lowest BCUT2D eigenvalue weighted by molar-refractivity contribution is 0.0947. The molecule has 5 heteroatoms. The standard InChI is InChI=1S/C14H23N3O2/c1-4-17(5-2)8-6-7-15-14(19)12-9-11(3)13(10-18)16-12/h9-10,16H,4-8H2,1-3H3,(H,15,19). The average molecular weight is 265 g/mol. The van der Waals surface area contributed by atoms with Gasteiger partial charge in [0.25, 0.3) is 5.91 Å². The molecule has 106 valence electrons. The smallest absolute Gasteiger partial charge is 0.267 e. The molecular formula is C14H23N3O2. The molecule has 0 aliphatic rings. The Labute approximate surface area is 114 Å². The molecule has 1 amide bonds. The second-order valence-electron chi connectivity index (χ2n) is 4.53. The number of nitrogens with one attached hydrogen (secondary N) is 2. The Morgan fingerprint density at radius 1 is 1.42 bits per heavy atom. The van der Waals surface area contributed by atoms with Gasteiger partial charge in [0.2, 0.25) is 0 Å². The highest BCUT2D eigenvalue weighted by Gasteiger charge is 2.10. The summed E-state index contributed by atoms with van der Waals surface area (Å²) in [7, 11) is 0. The molecule has 0 spiro atoms. The molecule has 19 heavy (non-hydrogen) atoms. The van der Waals surface area contributed by atoms with E-state index in [2.05, 4.69) is 29.0 Å². The predicted octanol–water partition coefficient (Wildman–Crippen LogP) is 1.60. The molecule has 0 aromatic carbocycles. The lowest BCUT2D eigenvalue weighted by atomic mass is 10.3. The first-order chi connectivity index (χ1) is 9.12. The second kappa shape index (κ2) is 7.74. The number of aromatic nitrogens is 1. The maximum Gasteiger partial charge on any atom is 0.267 e. The largest absolute Gasteiger partial charge is 0.351 e. The van der Waals surface area contributed by atoms with Gasteiger partial charge in [-0.2, -0.15) is 0 Å². The number of rotatable bonds is 8. The van der Waals surface area contributed by atoms with E-state index in [1.165, 1.54) is 0 Å². The summed E-state index contributed by atoms with van der Waals surface area (Å²) in [6.07, 6.45) is 1.65. The summed E-state index contributed by atoms with van der Waals surface area (Å²) in [4.78, 5) is 27.7. The minimum atomic E-state index is -0.157. The van der Waals surface area contributed by atoms with Gasteiger partial charge in [0.1, 0.15) is 5.69 Å². The number of amides is 1. The van der Waals surface area contributed by atoms with Gasteiger partial charge in [-0.1, -0.05) is 13.8 Å². The molecule has 0 fully saturated rings. The van der Waals surface area contributed by atoms with Crippen LogP contribution in [0, 0.1) is 6.92 Å². The van der Waals surface area contributed by atoms with Crippen LogP contribution in [0.3, 0.4) is 0 Å². The van der Waals surface area contributed by atoms with E-state index in [1.54, 1.807) is 13.0 Å². The third-order valence-electron chi connectivity index (χ3n) is 3.25. The zero-order valence-electron chi connectivity index (χ0n) is 12.0. The van der Waals surface area contributed by atoms with E-state index in [4.69, 9.17) is 0 Å². The van der Waals surface area contributed by atoms with Crippen LogP contribution in [0.25, 0.3) is 0 Å². The summed E-state index contributed by atoms with van der Waals surface area (Å²) in [5.74, 6) is -0.157. The van der Waals surface area contributed by atoms with Crippen molar-refractivity contribution in [2.45, 2.75) is 27.2 Å². The topological polar surface area (TPSA) is 65.2 Å². The van der Waals surface area contributed by atoms with Gasteiger partial charge in [-0.15, -0.1) is 0 Å². The lowest BCUT2D eigenvalue weighted by Crippen LogP contribution is -2.30. The van der Waals surface area contributed by atoms with Crippen LogP contribution >= 0.6 is 0 Å². The highest BCUT2D eigenvalue weighted by Crippen LogP contribution is 2.07. The van der Waals surface area contributed by atoms with Crippen LogP contribution in [-0.2, 0) is 0 Å². The SMILES string of the molecule is CCN(CC)CCCNC(=O)c1cc(C)c(C=O)[nH]1. The molecule has 1 rings (SSSR count). The third-order valence-corrected chi connectivity index (χ3v) is 3.25. The van der Waals surface area contributed by atoms with Gasteiger partial charge < -0.3 is 15.2 Å². The Bertz CT molecular complexity index is 422. The summed E-state index contributed by atoms with van der Waals surface area (Å²) in [6, 6.07) is 1.70. The van der Waals surface area contributed by atoms with Crippen molar-refractivity contribution in [3.8, 4) is 0 Å². The van der Waals surface area contributed by atoms with Crippen molar-refractivity contribution in [3.05, 3.63) is 23.0 Å². The summed E-state index contributed by atoms with van der Waals surface area (Å²) in [6.45, 7) is 9.75. The van der Waals surface area contributed by atoms with E-state index < -0.39 is 0 Å². The van der Waals surface area contributed by atoms with Crippen molar-refractivity contribution in [1.29, 1.82) is 0 Å². The number of aldehydes is 1. The first-order valence-electron chi connectivity index (χ1n) is 6.77. The fraction of sp³-hybridized carbons (Fsp3) is 0.571. The molecule has 5 nitrogen and oxygen atoms in total. The first kappa shape index (κ1) is 15.4. The van der Waals surface area contributed by atoms with Crippen LogP contribution < -0.4 is 5.32 Å². The fourth-order valence-corrected chi connectivity index (χ4v) is 1.96. The van der Waals surface area contributed by atoms with Gasteiger partial charge in [-0.05, 0) is 44.6 Å². The van der Waals surface area contributed by atoms with Crippen molar-refractivity contribution in [3.63, 3.8) is 0 Å². The van der Waals surface area contributed by atoms with Crippen molar-refractivity contribution >= 4 is 12.2 Å². The number of carbonyl (C=O) groups is 2. The van der Waals surface area contributed by atoms with E-state index in [0.29, 0.717) is 17.9 Å². The maximum absolute atomic E-state index is 11.8. The summed E-state index contributed by atoms with van der Waals surface area (Å²) >= 11 is 0. The lowest BCUT2D eigenvalue weighted by Gasteiger charge is -2.17. The zero-order valence-corrected chi connectivity index (χ0v) is 12.0. The van der Waals surface area contributed by atoms with E-state index in [9.17, 15) is 9.59 Å². The number of hydrogen-bond donors (Lipinski definition) is 2. The normalized spacial score (nSPS) is 10.7. The quantitative estimate of drug-likeness (QED) is 0.554. The van der Waals surface area contributed by atoms with E-state index in [-0.39, 0.29) is 5.91 Å². The van der Waals surface area contributed by atoms with Gasteiger partial charge in [0.05, 0.1) is 5.69 Å². The highest BCUT2D eigenvalue weighted by atomic mass is 16.2. The molecule has 1 aromatic heterocycles. The van der Waals surface area contributed by atoms with Crippen molar-refractivity contribution in [1.82, 2.24) is 15.2 Å². The maximum atomic E-state index is 11.8. The minimum Gasteiger partial charge on any atom is -0.351 e. The summed E-state index contributed by atoms with van der Waals surface area (Å²) in [5, 5.41) is 2.85. The van der Waals surface area contributed by atoms with Crippen molar-refractivity contribution < 1.29 is 9.59 Å². The first-order valence-corrected chi connectivity index (χ1v) is 6.77. The van der Waals surface area contributed by atoms with Crippen LogP contribution in [0.5, 0.6) is 0 Å². The molecule has 0 unspecified atom stereocenters. The van der Waals surface area contributed by atoms with Crippen LogP contribution in [0.2, 0.25) is 0 Å². The molecule has 0 saturated carbocycles. The van der Waals surface area contributed by atoms with E-state index >= 15 is 0 Å². The molecular weight excluding hydrogens is 242 g/mol. The Morgan fingerprint density at radius 2 is 2.11 bits per heavy atom. The number of H-pyrrole nitrogens is 1. The van der Waals surface area contributed by atoms with Crippen LogP contribution in [-0.4, -0.2) is 48.3 Å². The molecule has 0 aliphatic heterocycles. The van der Waals surface area contributed by atoms with Gasteiger partial charge >= 0.3 is 0 Å². The fourth-order valence-electron chi connectivity index (χ4n) is 1.96. The number of aromatic amines is 1. The predicted molar refractivity (Wildman–Crippen MR) is 75.7 cm³/mol. The van der Waals surface area contributed by atoms with Crippen LogP contribution in [0.15, 0.2) is 6.07 Å². The molecule has 2 N–H and O–H groups in total. The molecule has 0 atom stereocenters. The van der Waals surface area contributed by atoms with Gasteiger partial charge in [0.15, 0.2) is 6.29 Å². The molecule has 0 aliphatic carbocycles. The Hall–Kier alpha value is -1.62. The molecule has 1 heterocycles. The number of nitrogens with zero attached hydrogens (tertiary/aromatic N) is 1. The van der Waals surface area contributed by atoms with Gasteiger partial charge in [-0.25, -0.2) is 0 Å². The molecule has 1 aromatic rings. The summed E-state index contributed by atoms with van der Waals surface area (Å²) < 4.78 is 0. The number of hydrogen-bond acceptors (Lipinski definition) is 3. The Morgan fingerprint density at radius 3 is 2.63 bits per heavy atom. The monoisotopic (exact) mass is 265 g/mol.